The van der Waals surface area contributed by atoms with E-state index in [-0.39, 0.29) is 0 Å². The van der Waals surface area contributed by atoms with Gasteiger partial charge in [0.1, 0.15) is 0 Å². The fourth-order valence-electron chi connectivity index (χ4n) is 1.54. The van der Waals surface area contributed by atoms with E-state index in [4.69, 9.17) is 5.11 Å². The highest BCUT2D eigenvalue weighted by Gasteiger charge is 2.08. The predicted octanol–water partition coefficient (Wildman–Crippen LogP) is 2.52. The highest BCUT2D eigenvalue weighted by Crippen LogP contribution is 2.10. The zero-order valence-corrected chi connectivity index (χ0v) is 8.94. The summed E-state index contributed by atoms with van der Waals surface area (Å²) in [5, 5.41) is 10.9. The molecule has 0 bridgehead atoms. The molecule has 3 nitrogen and oxygen atoms in total. The van der Waals surface area contributed by atoms with Crippen molar-refractivity contribution in [3.8, 4) is 0 Å². The van der Waals surface area contributed by atoms with E-state index < -0.39 is 6.09 Å². The Kier molecular flexibility index (Phi) is 4.68. The van der Waals surface area contributed by atoms with Gasteiger partial charge in [-0.3, -0.25) is 0 Å². The maximum atomic E-state index is 10.4. The molecule has 0 radical (unpaired) electrons. The highest BCUT2D eigenvalue weighted by atomic mass is 16.4. The molecule has 0 heterocycles. The molecule has 1 amide bonds. The second-order valence-electron chi connectivity index (χ2n) is 3.65. The summed E-state index contributed by atoms with van der Waals surface area (Å²) in [6.07, 6.45) is 0.966. The van der Waals surface area contributed by atoms with Gasteiger partial charge in [0.15, 0.2) is 0 Å². The first-order valence-corrected chi connectivity index (χ1v) is 5.23. The lowest BCUT2D eigenvalue weighted by atomic mass is 9.97. The Hall–Kier alpha value is -1.51. The Balaban J connectivity index is 2.43. The van der Waals surface area contributed by atoms with Crippen LogP contribution in [-0.4, -0.2) is 17.7 Å². The van der Waals surface area contributed by atoms with Crippen molar-refractivity contribution in [1.29, 1.82) is 0 Å². The van der Waals surface area contributed by atoms with Gasteiger partial charge in [0.05, 0.1) is 0 Å². The molecule has 1 rings (SSSR count). The summed E-state index contributed by atoms with van der Waals surface area (Å²) in [7, 11) is 0. The molecule has 0 fully saturated rings. The molecule has 0 saturated carbocycles. The first-order valence-electron chi connectivity index (χ1n) is 5.23. The van der Waals surface area contributed by atoms with Crippen LogP contribution < -0.4 is 5.32 Å². The monoisotopic (exact) mass is 207 g/mol. The summed E-state index contributed by atoms with van der Waals surface area (Å²) in [5.74, 6) is 0.378. The quantitative estimate of drug-likeness (QED) is 0.779. The van der Waals surface area contributed by atoms with Gasteiger partial charge < -0.3 is 10.4 Å². The SMILES string of the molecule is CCC(CNC(=O)O)Cc1ccccc1. The minimum atomic E-state index is -0.943. The fraction of sp³-hybridized carbons (Fsp3) is 0.417. The Morgan fingerprint density at radius 3 is 2.60 bits per heavy atom. The van der Waals surface area contributed by atoms with Crippen molar-refractivity contribution in [3.05, 3.63) is 35.9 Å². The Morgan fingerprint density at radius 2 is 2.07 bits per heavy atom. The molecular weight excluding hydrogens is 190 g/mol. The molecular formula is C12H17NO2. The summed E-state index contributed by atoms with van der Waals surface area (Å²) in [6.45, 7) is 2.61. The summed E-state index contributed by atoms with van der Waals surface area (Å²) < 4.78 is 0. The molecule has 1 aromatic carbocycles. The third-order valence-electron chi connectivity index (χ3n) is 2.49. The average Bonchev–Trinajstić information content (AvgIpc) is 2.25. The normalized spacial score (nSPS) is 12.1. The van der Waals surface area contributed by atoms with E-state index in [0.717, 1.165) is 12.8 Å². The van der Waals surface area contributed by atoms with Crippen molar-refractivity contribution in [1.82, 2.24) is 5.32 Å². The van der Waals surface area contributed by atoms with Crippen molar-refractivity contribution in [2.45, 2.75) is 19.8 Å². The number of amides is 1. The van der Waals surface area contributed by atoms with Crippen molar-refractivity contribution < 1.29 is 9.90 Å². The highest BCUT2D eigenvalue weighted by molar-refractivity contribution is 5.64. The molecule has 1 atom stereocenters. The first-order chi connectivity index (χ1) is 7.22. The van der Waals surface area contributed by atoms with E-state index in [1.54, 1.807) is 0 Å². The van der Waals surface area contributed by atoms with Crippen LogP contribution in [0.4, 0.5) is 4.79 Å². The van der Waals surface area contributed by atoms with Crippen LogP contribution in [0.1, 0.15) is 18.9 Å². The maximum absolute atomic E-state index is 10.4. The van der Waals surface area contributed by atoms with Crippen molar-refractivity contribution >= 4 is 6.09 Å². The molecule has 1 aromatic rings. The third-order valence-corrected chi connectivity index (χ3v) is 2.49. The summed E-state index contributed by atoms with van der Waals surface area (Å²) >= 11 is 0. The van der Waals surface area contributed by atoms with E-state index in [2.05, 4.69) is 24.4 Å². The second kappa shape index (κ2) is 6.06. The minimum absolute atomic E-state index is 0.378. The van der Waals surface area contributed by atoms with Gasteiger partial charge in [-0.15, -0.1) is 0 Å². The van der Waals surface area contributed by atoms with Crippen LogP contribution in [0.25, 0.3) is 0 Å². The van der Waals surface area contributed by atoms with Crippen LogP contribution in [0.5, 0.6) is 0 Å². The number of carbonyl (C=O) groups is 1. The van der Waals surface area contributed by atoms with E-state index in [9.17, 15) is 4.79 Å². The van der Waals surface area contributed by atoms with E-state index in [1.807, 2.05) is 18.2 Å². The van der Waals surface area contributed by atoms with Gasteiger partial charge in [-0.2, -0.15) is 0 Å². The van der Waals surface area contributed by atoms with Crippen LogP contribution >= 0.6 is 0 Å². The third kappa shape index (κ3) is 4.49. The zero-order chi connectivity index (χ0) is 11.1. The van der Waals surface area contributed by atoms with Crippen LogP contribution in [0.3, 0.4) is 0 Å². The Bertz CT molecular complexity index is 298. The van der Waals surface area contributed by atoms with Crippen LogP contribution in [0, 0.1) is 5.92 Å². The molecule has 0 saturated heterocycles. The molecule has 0 aliphatic rings. The summed E-state index contributed by atoms with van der Waals surface area (Å²) in [6, 6.07) is 10.1. The molecule has 0 spiro atoms. The number of carboxylic acid groups (broad SMARTS) is 1. The molecule has 15 heavy (non-hydrogen) atoms. The lowest BCUT2D eigenvalue weighted by Crippen LogP contribution is -2.28. The van der Waals surface area contributed by atoms with Gasteiger partial charge in [-0.1, -0.05) is 43.7 Å². The van der Waals surface area contributed by atoms with Gasteiger partial charge >= 0.3 is 6.09 Å². The predicted molar refractivity (Wildman–Crippen MR) is 60.0 cm³/mol. The van der Waals surface area contributed by atoms with Gasteiger partial charge in [0, 0.05) is 6.54 Å². The lowest BCUT2D eigenvalue weighted by Gasteiger charge is -2.14. The van der Waals surface area contributed by atoms with Crippen molar-refractivity contribution in [2.24, 2.45) is 5.92 Å². The van der Waals surface area contributed by atoms with Crippen molar-refractivity contribution in [2.75, 3.05) is 6.54 Å². The van der Waals surface area contributed by atoms with Crippen LogP contribution in [0.15, 0.2) is 30.3 Å². The number of hydrogen-bond acceptors (Lipinski definition) is 1. The summed E-state index contributed by atoms with van der Waals surface area (Å²) in [4.78, 5) is 10.4. The molecule has 0 aliphatic heterocycles. The molecule has 1 unspecified atom stereocenters. The largest absolute Gasteiger partial charge is 0.465 e. The Morgan fingerprint density at radius 1 is 1.40 bits per heavy atom. The topological polar surface area (TPSA) is 49.3 Å². The second-order valence-corrected chi connectivity index (χ2v) is 3.65. The average molecular weight is 207 g/mol. The zero-order valence-electron chi connectivity index (χ0n) is 8.94. The molecule has 0 aliphatic carbocycles. The molecule has 3 heteroatoms. The standard InChI is InChI=1S/C12H17NO2/c1-2-10(9-13-12(14)15)8-11-6-4-3-5-7-11/h3-7,10,13H,2,8-9H2,1H3,(H,14,15). The number of nitrogens with one attached hydrogen (secondary N) is 1. The number of rotatable bonds is 5. The molecule has 0 aromatic heterocycles. The van der Waals surface area contributed by atoms with E-state index >= 15 is 0 Å². The Labute approximate surface area is 90.1 Å². The summed E-state index contributed by atoms with van der Waals surface area (Å²) in [5.41, 5.74) is 1.26. The molecule has 82 valence electrons. The maximum Gasteiger partial charge on any atom is 0.404 e. The van der Waals surface area contributed by atoms with Gasteiger partial charge in [-0.05, 0) is 17.9 Å². The van der Waals surface area contributed by atoms with Gasteiger partial charge in [0.25, 0.3) is 0 Å². The lowest BCUT2D eigenvalue weighted by molar-refractivity contribution is 0.192. The number of benzene rings is 1. The van der Waals surface area contributed by atoms with Crippen LogP contribution in [0.2, 0.25) is 0 Å². The van der Waals surface area contributed by atoms with E-state index in [1.165, 1.54) is 5.56 Å². The van der Waals surface area contributed by atoms with Gasteiger partial charge in [0.2, 0.25) is 0 Å². The molecule has 2 N–H and O–H groups in total. The smallest absolute Gasteiger partial charge is 0.404 e. The first kappa shape index (κ1) is 11.6. The van der Waals surface area contributed by atoms with E-state index in [0.29, 0.717) is 12.5 Å². The minimum Gasteiger partial charge on any atom is -0.465 e. The van der Waals surface area contributed by atoms with Gasteiger partial charge in [-0.25, -0.2) is 4.79 Å². The fourth-order valence-corrected chi connectivity index (χ4v) is 1.54. The van der Waals surface area contributed by atoms with Crippen LogP contribution in [-0.2, 0) is 6.42 Å². The van der Waals surface area contributed by atoms with Crippen molar-refractivity contribution in [3.63, 3.8) is 0 Å². The number of hydrogen-bond donors (Lipinski definition) is 2.